The minimum atomic E-state index is -2.98. The maximum absolute atomic E-state index is 12.8. The van der Waals surface area contributed by atoms with Gasteiger partial charge < -0.3 is 14.4 Å². The largest absolute Gasteiger partial charge is 0.490 e. The molecule has 3 rings (SSSR count). The van der Waals surface area contributed by atoms with Crippen molar-refractivity contribution in [2.75, 3.05) is 13.7 Å². The Morgan fingerprint density at radius 3 is 2.69 bits per heavy atom. The summed E-state index contributed by atoms with van der Waals surface area (Å²) in [5.74, 6) is -0.323. The molecule has 3 aromatic rings. The number of carbonyl (C=O) groups excluding carboxylic acids is 1. The van der Waals surface area contributed by atoms with Crippen LogP contribution in [0.25, 0.3) is 5.69 Å². The summed E-state index contributed by atoms with van der Waals surface area (Å²) in [6.07, 6.45) is 1.53. The zero-order valence-electron chi connectivity index (χ0n) is 17.3. The lowest BCUT2D eigenvalue weighted by Gasteiger charge is -2.18. The molecule has 0 aliphatic rings. The zero-order chi connectivity index (χ0) is 23.3. The third kappa shape index (κ3) is 5.36. The lowest BCUT2D eigenvalue weighted by molar-refractivity contribution is -0.384. The standard InChI is InChI=1S/C21H20F2N4O5/c1-3-31-19-11-14(7-8-18(19)32-21(22)23)13-25(2)20(28)17-9-10-26(24-17)15-5-4-6-16(12-15)27(29)30/h4-12,21H,3,13H2,1-2H3. The monoisotopic (exact) mass is 446 g/mol. The number of carbonyl (C=O) groups is 1. The summed E-state index contributed by atoms with van der Waals surface area (Å²) in [6.45, 7) is -0.846. The molecule has 1 aromatic heterocycles. The Labute approximate surface area is 181 Å². The van der Waals surface area contributed by atoms with Crippen LogP contribution >= 0.6 is 0 Å². The number of alkyl halides is 2. The van der Waals surface area contributed by atoms with Crippen LogP contribution in [0.2, 0.25) is 0 Å². The Morgan fingerprint density at radius 2 is 2.00 bits per heavy atom. The fourth-order valence-corrected chi connectivity index (χ4v) is 2.98. The first kappa shape index (κ1) is 22.7. The Kier molecular flexibility index (Phi) is 6.98. The number of nitro groups is 1. The Balaban J connectivity index is 1.74. The van der Waals surface area contributed by atoms with Crippen molar-refractivity contribution < 1.29 is 28.0 Å². The minimum Gasteiger partial charge on any atom is -0.490 e. The van der Waals surface area contributed by atoms with Gasteiger partial charge in [-0.05, 0) is 36.8 Å². The minimum absolute atomic E-state index is 0.0877. The topological polar surface area (TPSA) is 99.7 Å². The molecule has 1 amide bonds. The van der Waals surface area contributed by atoms with E-state index in [9.17, 15) is 23.7 Å². The number of aromatic nitrogens is 2. The Morgan fingerprint density at radius 1 is 1.22 bits per heavy atom. The van der Waals surface area contributed by atoms with Gasteiger partial charge in [-0.2, -0.15) is 13.9 Å². The van der Waals surface area contributed by atoms with E-state index in [-0.39, 0.29) is 41.9 Å². The van der Waals surface area contributed by atoms with Gasteiger partial charge in [-0.15, -0.1) is 0 Å². The third-order valence-corrected chi connectivity index (χ3v) is 4.40. The molecule has 9 nitrogen and oxygen atoms in total. The molecule has 0 spiro atoms. The molecule has 0 N–H and O–H groups in total. The van der Waals surface area contributed by atoms with Crippen molar-refractivity contribution in [2.24, 2.45) is 0 Å². The van der Waals surface area contributed by atoms with Crippen LogP contribution in [0.15, 0.2) is 54.7 Å². The Bertz CT molecular complexity index is 1120. The number of rotatable bonds is 9. The molecule has 0 fully saturated rings. The summed E-state index contributed by atoms with van der Waals surface area (Å²) in [5, 5.41) is 15.2. The molecule has 0 saturated carbocycles. The number of benzene rings is 2. The van der Waals surface area contributed by atoms with Crippen LogP contribution in [-0.4, -0.2) is 45.8 Å². The second kappa shape index (κ2) is 9.86. The van der Waals surface area contributed by atoms with Gasteiger partial charge in [0, 0.05) is 31.9 Å². The maximum atomic E-state index is 12.8. The van der Waals surface area contributed by atoms with E-state index in [0.717, 1.165) is 0 Å². The summed E-state index contributed by atoms with van der Waals surface area (Å²) < 4.78 is 36.3. The van der Waals surface area contributed by atoms with Gasteiger partial charge in [0.15, 0.2) is 17.2 Å². The molecule has 0 aliphatic heterocycles. The molecular weight excluding hydrogens is 426 g/mol. The number of hydrogen-bond donors (Lipinski definition) is 0. The van der Waals surface area contributed by atoms with Crippen molar-refractivity contribution in [1.82, 2.24) is 14.7 Å². The van der Waals surface area contributed by atoms with Crippen molar-refractivity contribution in [3.8, 4) is 17.2 Å². The van der Waals surface area contributed by atoms with Gasteiger partial charge in [-0.1, -0.05) is 12.1 Å². The number of halogens is 2. The van der Waals surface area contributed by atoms with Crippen molar-refractivity contribution >= 4 is 11.6 Å². The number of non-ortho nitro benzene ring substituents is 1. The molecule has 11 heteroatoms. The summed E-state index contributed by atoms with van der Waals surface area (Å²) in [7, 11) is 1.57. The molecule has 0 bridgehead atoms. The first-order valence-electron chi connectivity index (χ1n) is 9.55. The van der Waals surface area contributed by atoms with E-state index in [2.05, 4.69) is 9.84 Å². The van der Waals surface area contributed by atoms with Crippen LogP contribution in [0.5, 0.6) is 11.5 Å². The van der Waals surface area contributed by atoms with Crippen LogP contribution in [0.4, 0.5) is 14.5 Å². The highest BCUT2D eigenvalue weighted by molar-refractivity contribution is 5.92. The van der Waals surface area contributed by atoms with E-state index in [1.54, 1.807) is 26.1 Å². The first-order valence-corrected chi connectivity index (χ1v) is 9.55. The summed E-state index contributed by atoms with van der Waals surface area (Å²) in [6, 6.07) is 11.8. The number of nitro benzene ring substituents is 1. The van der Waals surface area contributed by atoms with Crippen LogP contribution in [0, 0.1) is 10.1 Å². The average Bonchev–Trinajstić information content (AvgIpc) is 3.25. The van der Waals surface area contributed by atoms with E-state index in [1.807, 2.05) is 0 Å². The Hall–Kier alpha value is -4.02. The van der Waals surface area contributed by atoms with Crippen LogP contribution in [0.1, 0.15) is 23.0 Å². The van der Waals surface area contributed by atoms with Crippen molar-refractivity contribution in [3.05, 3.63) is 76.1 Å². The van der Waals surface area contributed by atoms with E-state index < -0.39 is 11.5 Å². The van der Waals surface area contributed by atoms with Crippen molar-refractivity contribution in [2.45, 2.75) is 20.1 Å². The maximum Gasteiger partial charge on any atom is 0.387 e. The van der Waals surface area contributed by atoms with Crippen molar-refractivity contribution in [3.63, 3.8) is 0 Å². The molecule has 0 unspecified atom stereocenters. The molecular formula is C21H20F2N4O5. The summed E-state index contributed by atoms with van der Waals surface area (Å²) >= 11 is 0. The van der Waals surface area contributed by atoms with E-state index in [0.29, 0.717) is 11.3 Å². The van der Waals surface area contributed by atoms with Gasteiger partial charge in [0.25, 0.3) is 11.6 Å². The second-order valence-corrected chi connectivity index (χ2v) is 6.68. The molecule has 168 valence electrons. The van der Waals surface area contributed by atoms with E-state index >= 15 is 0 Å². The van der Waals surface area contributed by atoms with Gasteiger partial charge in [0.1, 0.15) is 0 Å². The quantitative estimate of drug-likeness (QED) is 0.363. The smallest absolute Gasteiger partial charge is 0.387 e. The second-order valence-electron chi connectivity index (χ2n) is 6.68. The SMILES string of the molecule is CCOc1cc(CN(C)C(=O)c2ccn(-c3cccc([N+](=O)[O-])c3)n2)ccc1OC(F)F. The van der Waals surface area contributed by atoms with Crippen LogP contribution in [0.3, 0.4) is 0 Å². The fourth-order valence-electron chi connectivity index (χ4n) is 2.98. The van der Waals surface area contributed by atoms with Gasteiger partial charge in [-0.3, -0.25) is 14.9 Å². The number of nitrogens with zero attached hydrogens (tertiary/aromatic N) is 4. The van der Waals surface area contributed by atoms with Gasteiger partial charge in [0.2, 0.25) is 0 Å². The third-order valence-electron chi connectivity index (χ3n) is 4.40. The molecule has 32 heavy (non-hydrogen) atoms. The number of amides is 1. The normalized spacial score (nSPS) is 10.8. The predicted molar refractivity (Wildman–Crippen MR) is 110 cm³/mol. The van der Waals surface area contributed by atoms with E-state index in [1.165, 1.54) is 52.2 Å². The molecule has 2 aromatic carbocycles. The average molecular weight is 446 g/mol. The fraction of sp³-hybridized carbons (Fsp3) is 0.238. The van der Waals surface area contributed by atoms with Crippen LogP contribution < -0.4 is 9.47 Å². The van der Waals surface area contributed by atoms with E-state index in [4.69, 9.17) is 4.74 Å². The van der Waals surface area contributed by atoms with Crippen molar-refractivity contribution in [1.29, 1.82) is 0 Å². The lowest BCUT2D eigenvalue weighted by atomic mass is 10.2. The lowest BCUT2D eigenvalue weighted by Crippen LogP contribution is -2.26. The van der Waals surface area contributed by atoms with Gasteiger partial charge in [-0.25, -0.2) is 4.68 Å². The molecule has 0 saturated heterocycles. The zero-order valence-corrected chi connectivity index (χ0v) is 17.3. The summed E-state index contributed by atoms with van der Waals surface area (Å²) in [5.41, 5.74) is 1.13. The predicted octanol–water partition coefficient (Wildman–Crippen LogP) is 4.05. The number of ether oxygens (including phenoxy) is 2. The molecule has 0 atom stereocenters. The molecule has 1 heterocycles. The van der Waals surface area contributed by atoms with Gasteiger partial charge in [0.05, 0.1) is 17.2 Å². The molecule has 0 radical (unpaired) electrons. The highest BCUT2D eigenvalue weighted by Crippen LogP contribution is 2.30. The number of hydrogen-bond acceptors (Lipinski definition) is 6. The first-order chi connectivity index (χ1) is 15.3. The van der Waals surface area contributed by atoms with Crippen LogP contribution in [-0.2, 0) is 6.54 Å². The highest BCUT2D eigenvalue weighted by atomic mass is 19.3. The highest BCUT2D eigenvalue weighted by Gasteiger charge is 2.18. The molecule has 0 aliphatic carbocycles. The van der Waals surface area contributed by atoms with Gasteiger partial charge >= 0.3 is 6.61 Å². The summed E-state index contributed by atoms with van der Waals surface area (Å²) in [4.78, 5) is 24.6.